The van der Waals surface area contributed by atoms with Crippen LogP contribution in [0.15, 0.2) is 91.6 Å². The van der Waals surface area contributed by atoms with Gasteiger partial charge in [-0.3, -0.25) is 0 Å². The monoisotopic (exact) mass is 906 g/mol. The molecule has 0 fully saturated rings. The van der Waals surface area contributed by atoms with Gasteiger partial charge in [0.25, 0.3) is 0 Å². The average Bonchev–Trinajstić information content (AvgIpc) is 3.00. The molecule has 0 aliphatic rings. The first-order valence-corrected chi connectivity index (χ1v) is 16.4. The fraction of sp³-hybridized carbons (Fsp3) is 0.118. The van der Waals surface area contributed by atoms with Crippen molar-refractivity contribution in [2.24, 2.45) is 0 Å². The Balaban J connectivity index is 2.31. The predicted molar refractivity (Wildman–Crippen MR) is 177 cm³/mol. The summed E-state index contributed by atoms with van der Waals surface area (Å²) in [7, 11) is 0. The number of alkyl halides is 12. The van der Waals surface area contributed by atoms with Crippen LogP contribution in [0, 0.1) is 0 Å². The van der Waals surface area contributed by atoms with Crippen molar-refractivity contribution in [2.45, 2.75) is 34.5 Å². The number of aliphatic carboxylic acids is 2. The second-order valence-corrected chi connectivity index (χ2v) is 13.5. The lowest BCUT2D eigenvalue weighted by molar-refractivity contribution is -0.164. The molecule has 0 bridgehead atoms. The number of hydrogen-bond acceptors (Lipinski definition) is 3. The number of carboxylic acids is 2. The van der Waals surface area contributed by atoms with Crippen molar-refractivity contribution in [3.05, 3.63) is 115 Å². The van der Waals surface area contributed by atoms with Crippen LogP contribution in [0.4, 0.5) is 52.7 Å². The Kier molecular flexibility index (Phi) is 12.0. The molecule has 0 heterocycles. The lowest BCUT2D eigenvalue weighted by Crippen LogP contribution is -2.21. The molecule has 19 heteroatoms. The molecule has 0 unspecified atom stereocenters. The lowest BCUT2D eigenvalue weighted by Gasteiger charge is -2.26. The number of hydrogen-bond donors (Lipinski definition) is 2. The smallest absolute Gasteiger partial charge is 0.418 e. The van der Waals surface area contributed by atoms with Crippen LogP contribution >= 0.6 is 43.6 Å². The normalized spacial score (nSPS) is 12.9. The number of carboxylic acid groups (broad SMARTS) is 2. The van der Waals surface area contributed by atoms with E-state index in [1.54, 1.807) is 0 Å². The first kappa shape index (κ1) is 41.5. The van der Waals surface area contributed by atoms with E-state index < -0.39 is 103 Å². The van der Waals surface area contributed by atoms with Crippen molar-refractivity contribution in [1.29, 1.82) is 0 Å². The van der Waals surface area contributed by atoms with Crippen LogP contribution < -0.4 is 0 Å². The third-order valence-corrected chi connectivity index (χ3v) is 9.14. The Hall–Kier alpha value is -4.23. The summed E-state index contributed by atoms with van der Waals surface area (Å²) in [6.45, 7) is 0. The maximum atomic E-state index is 14.8. The maximum absolute atomic E-state index is 14.8. The summed E-state index contributed by atoms with van der Waals surface area (Å²) in [5, 5.41) is 18.3. The molecule has 2 N–H and O–H groups in total. The van der Waals surface area contributed by atoms with E-state index in [-0.39, 0.29) is 44.4 Å². The molecule has 0 aliphatic heterocycles. The molecule has 0 saturated carbocycles. The molecule has 4 aromatic rings. The lowest BCUT2D eigenvalue weighted by atomic mass is 9.90. The number of halogens is 14. The highest BCUT2D eigenvalue weighted by Gasteiger charge is 2.50. The van der Waals surface area contributed by atoms with Gasteiger partial charge in [-0.15, -0.1) is 0 Å². The minimum atomic E-state index is -6.04. The van der Waals surface area contributed by atoms with Gasteiger partial charge in [0.05, 0.1) is 22.3 Å². The molecule has 280 valence electrons. The van der Waals surface area contributed by atoms with E-state index in [9.17, 15) is 62.3 Å². The fourth-order valence-electron chi connectivity index (χ4n) is 5.22. The Morgan fingerprint density at radius 2 is 0.849 bits per heavy atom. The molecule has 0 radical (unpaired) electrons. The van der Waals surface area contributed by atoms with Crippen LogP contribution in [0.25, 0.3) is 34.4 Å². The van der Waals surface area contributed by atoms with Crippen LogP contribution in [-0.2, 0) is 34.3 Å². The first-order valence-electron chi connectivity index (χ1n) is 14.0. The third kappa shape index (κ3) is 9.66. The van der Waals surface area contributed by atoms with E-state index in [4.69, 9.17) is 10.2 Å². The van der Waals surface area contributed by atoms with Crippen molar-refractivity contribution >= 4 is 67.7 Å². The molecule has 0 atom stereocenters. The zero-order valence-corrected chi connectivity index (χ0v) is 29.5. The van der Waals surface area contributed by atoms with Crippen LogP contribution in [0.2, 0.25) is 0 Å². The van der Waals surface area contributed by atoms with Gasteiger partial charge in [0.15, 0.2) is 0 Å². The van der Waals surface area contributed by atoms with Gasteiger partial charge in [-0.1, -0.05) is 67.9 Å². The highest BCUT2D eigenvalue weighted by atomic mass is 79.9. The van der Waals surface area contributed by atoms with Crippen molar-refractivity contribution in [3.8, 4) is 22.3 Å². The molecular formula is C34H16Br2F12O4S. The van der Waals surface area contributed by atoms with Gasteiger partial charge in [-0.2, -0.15) is 52.7 Å². The van der Waals surface area contributed by atoms with Gasteiger partial charge < -0.3 is 10.2 Å². The molecule has 0 amide bonds. The third-order valence-electron chi connectivity index (χ3n) is 7.07. The summed E-state index contributed by atoms with van der Waals surface area (Å²) in [6, 6.07) is 10.3. The van der Waals surface area contributed by atoms with Crippen LogP contribution in [0.5, 0.6) is 0 Å². The first-order chi connectivity index (χ1) is 24.3. The summed E-state index contributed by atoms with van der Waals surface area (Å²) in [5.74, 6) is -3.76. The van der Waals surface area contributed by atoms with E-state index in [2.05, 4.69) is 31.9 Å². The highest BCUT2D eigenvalue weighted by Crippen LogP contribution is 2.55. The minimum absolute atomic E-state index is 0.101. The summed E-state index contributed by atoms with van der Waals surface area (Å²) in [6.07, 6.45) is -23.4. The zero-order valence-electron chi connectivity index (χ0n) is 25.5. The van der Waals surface area contributed by atoms with Gasteiger partial charge in [-0.25, -0.2) is 9.59 Å². The Bertz CT molecular complexity index is 2000. The molecule has 0 spiro atoms. The quantitative estimate of drug-likeness (QED) is 0.136. The van der Waals surface area contributed by atoms with E-state index in [0.29, 0.717) is 12.1 Å². The van der Waals surface area contributed by atoms with Crippen molar-refractivity contribution in [3.63, 3.8) is 0 Å². The van der Waals surface area contributed by atoms with Gasteiger partial charge in [-0.05, 0) is 81.9 Å². The predicted octanol–water partition coefficient (Wildman–Crippen LogP) is 13.0. The molecule has 4 nitrogen and oxygen atoms in total. The molecule has 0 saturated heterocycles. The largest absolute Gasteiger partial charge is 0.478 e. The summed E-state index contributed by atoms with van der Waals surface area (Å²) >= 11 is 5.40. The summed E-state index contributed by atoms with van der Waals surface area (Å²) in [4.78, 5) is 19.4. The van der Waals surface area contributed by atoms with E-state index >= 15 is 0 Å². The summed E-state index contributed by atoms with van der Waals surface area (Å²) in [5.41, 5.74) is -15.1. The number of benzene rings is 4. The summed E-state index contributed by atoms with van der Waals surface area (Å²) < 4.78 is 178. The van der Waals surface area contributed by atoms with Crippen molar-refractivity contribution in [2.75, 3.05) is 0 Å². The van der Waals surface area contributed by atoms with E-state index in [0.717, 1.165) is 24.3 Å². The van der Waals surface area contributed by atoms with Gasteiger partial charge in [0, 0.05) is 30.9 Å². The molecule has 53 heavy (non-hydrogen) atoms. The SMILES string of the molecule is O=C(O)C=Cc1c(-c2cccc(Br)c2)cc(Sc2cc(-c3cccc(Br)c3)c(C=CC(=O)O)c(C(F)(F)F)c2C(F)(F)F)c(C(F)(F)F)c1C(F)(F)F. The maximum Gasteiger partial charge on any atom is 0.418 e. The Morgan fingerprint density at radius 1 is 0.528 bits per heavy atom. The number of rotatable bonds is 8. The number of carbonyl (C=O) groups is 2. The van der Waals surface area contributed by atoms with Crippen molar-refractivity contribution < 1.29 is 72.5 Å². The van der Waals surface area contributed by atoms with Crippen molar-refractivity contribution in [1.82, 2.24) is 0 Å². The van der Waals surface area contributed by atoms with Crippen LogP contribution in [0.1, 0.15) is 33.4 Å². The Morgan fingerprint density at radius 3 is 1.11 bits per heavy atom. The minimum Gasteiger partial charge on any atom is -0.478 e. The molecule has 0 aliphatic carbocycles. The van der Waals surface area contributed by atoms with Gasteiger partial charge in [0.1, 0.15) is 0 Å². The van der Waals surface area contributed by atoms with Gasteiger partial charge in [0.2, 0.25) is 0 Å². The topological polar surface area (TPSA) is 74.6 Å². The Labute approximate surface area is 311 Å². The highest BCUT2D eigenvalue weighted by molar-refractivity contribution is 9.10. The fourth-order valence-corrected chi connectivity index (χ4v) is 7.25. The second kappa shape index (κ2) is 15.3. The molecular weight excluding hydrogens is 892 g/mol. The molecule has 0 aromatic heterocycles. The average molecular weight is 908 g/mol. The second-order valence-electron chi connectivity index (χ2n) is 10.6. The van der Waals surface area contributed by atoms with Crippen LogP contribution in [-0.4, -0.2) is 22.2 Å². The van der Waals surface area contributed by atoms with E-state index in [1.807, 2.05) is 0 Å². The van der Waals surface area contributed by atoms with Gasteiger partial charge >= 0.3 is 36.6 Å². The van der Waals surface area contributed by atoms with E-state index in [1.165, 1.54) is 24.3 Å². The molecule has 4 rings (SSSR count). The van der Waals surface area contributed by atoms with Crippen LogP contribution in [0.3, 0.4) is 0 Å². The zero-order chi connectivity index (χ0) is 39.8. The standard InChI is InChI=1S/C34H16Br2F12O4S/c35-17-5-1-3-15(11-17)21-13-23(29(33(43,44)45)27(31(37,38)39)19(21)7-9-25(49)50)53-24-14-22(16-4-2-6-18(36)12-16)20(8-10-26(51)52)28(32(40,41)42)30(24)34(46,47)48/h1-14H,(H,49,50)(H,51,52). The molecule has 4 aromatic carbocycles.